The van der Waals surface area contributed by atoms with Crippen molar-refractivity contribution in [1.29, 1.82) is 0 Å². The Morgan fingerprint density at radius 3 is 2.29 bits per heavy atom. The first-order valence-electron chi connectivity index (χ1n) is 7.58. The number of ether oxygens (including phenoxy) is 2. The van der Waals surface area contributed by atoms with Crippen LogP contribution in [0.4, 0.5) is 4.79 Å². The molecule has 0 heterocycles. The van der Waals surface area contributed by atoms with Crippen LogP contribution in [0, 0.1) is 0 Å². The Morgan fingerprint density at radius 1 is 1.12 bits per heavy atom. The van der Waals surface area contributed by atoms with Crippen LogP contribution in [0.3, 0.4) is 0 Å². The summed E-state index contributed by atoms with van der Waals surface area (Å²) in [6.45, 7) is 5.30. The summed E-state index contributed by atoms with van der Waals surface area (Å²) in [6, 6.07) is 8.98. The van der Waals surface area contributed by atoms with Crippen LogP contribution in [-0.2, 0) is 19.1 Å². The topological polar surface area (TPSA) is 81.7 Å². The molecule has 0 saturated carbocycles. The summed E-state index contributed by atoms with van der Waals surface area (Å²) in [6.07, 6.45) is 0.830. The van der Waals surface area contributed by atoms with E-state index in [9.17, 15) is 14.4 Å². The van der Waals surface area contributed by atoms with Crippen LogP contribution >= 0.6 is 0 Å². The normalized spacial score (nSPS) is 11.6. The number of amides is 1. The molecule has 0 fully saturated rings. The highest BCUT2D eigenvalue weighted by molar-refractivity contribution is 6.20. The number of benzene rings is 1. The Morgan fingerprint density at radius 2 is 1.75 bits per heavy atom. The highest BCUT2D eigenvalue weighted by atomic mass is 16.6. The first-order chi connectivity index (χ1) is 11.2. The van der Waals surface area contributed by atoms with Crippen molar-refractivity contribution in [2.45, 2.75) is 32.8 Å². The molecule has 1 N–H and O–H groups in total. The van der Waals surface area contributed by atoms with Crippen LogP contribution in [0.5, 0.6) is 0 Å². The van der Waals surface area contributed by atoms with Gasteiger partial charge in [-0.15, -0.1) is 0 Å². The number of nitrogens with one attached hydrogen (secondary N) is 1. The summed E-state index contributed by atoms with van der Waals surface area (Å²) in [5, 5.41) is 2.48. The quantitative estimate of drug-likeness (QED) is 0.375. The number of rotatable bonds is 6. The molecule has 0 aliphatic carbocycles. The van der Waals surface area contributed by atoms with Gasteiger partial charge in [-0.25, -0.2) is 9.59 Å². The molecule has 0 aliphatic rings. The Hall–Kier alpha value is -2.63. The van der Waals surface area contributed by atoms with Crippen molar-refractivity contribution in [2.24, 2.45) is 0 Å². The van der Waals surface area contributed by atoms with Crippen molar-refractivity contribution in [1.82, 2.24) is 5.32 Å². The van der Waals surface area contributed by atoms with Crippen molar-refractivity contribution < 1.29 is 23.9 Å². The van der Waals surface area contributed by atoms with Crippen LogP contribution in [0.15, 0.2) is 35.9 Å². The van der Waals surface area contributed by atoms with Crippen LogP contribution in [0.2, 0.25) is 0 Å². The van der Waals surface area contributed by atoms with E-state index in [2.05, 4.69) is 10.1 Å². The molecule has 0 spiro atoms. The zero-order valence-electron chi connectivity index (χ0n) is 14.4. The third-order valence-electron chi connectivity index (χ3n) is 2.84. The van der Waals surface area contributed by atoms with E-state index in [0.717, 1.165) is 0 Å². The van der Waals surface area contributed by atoms with Gasteiger partial charge in [-0.2, -0.15) is 0 Å². The third-order valence-corrected chi connectivity index (χ3v) is 2.84. The van der Waals surface area contributed by atoms with Crippen LogP contribution < -0.4 is 5.32 Å². The lowest BCUT2D eigenvalue weighted by Gasteiger charge is -2.19. The Balaban J connectivity index is 2.68. The number of alkyl carbamates (subject to hydrolysis) is 1. The van der Waals surface area contributed by atoms with Crippen molar-refractivity contribution in [2.75, 3.05) is 13.7 Å². The van der Waals surface area contributed by atoms with Gasteiger partial charge in [0.25, 0.3) is 0 Å². The molecule has 0 aliphatic heterocycles. The van der Waals surface area contributed by atoms with Gasteiger partial charge in [-0.1, -0.05) is 30.3 Å². The zero-order chi connectivity index (χ0) is 18.2. The molecule has 0 saturated heterocycles. The summed E-state index contributed by atoms with van der Waals surface area (Å²) >= 11 is 0. The van der Waals surface area contributed by atoms with Crippen LogP contribution in [0.1, 0.15) is 32.8 Å². The smallest absolute Gasteiger partial charge is 0.407 e. The van der Waals surface area contributed by atoms with Crippen LogP contribution in [0.25, 0.3) is 6.08 Å². The number of carbonyl (C=O) groups excluding carboxylic acids is 3. The standard InChI is InChI=1S/C18H23NO5/c1-18(2,3)24-17(22)19-11-10-15(20)14(16(21)23-4)12-13-8-6-5-7-9-13/h5-9,12H,10-11H2,1-4H3,(H,19,22)/b14-12+. The number of esters is 1. The Labute approximate surface area is 141 Å². The van der Waals surface area contributed by atoms with E-state index in [0.29, 0.717) is 5.56 Å². The Bertz CT molecular complexity index is 614. The largest absolute Gasteiger partial charge is 0.465 e. The average molecular weight is 333 g/mol. The molecule has 0 unspecified atom stereocenters. The number of hydrogen-bond donors (Lipinski definition) is 1. The molecule has 1 aromatic rings. The second-order valence-electron chi connectivity index (χ2n) is 6.06. The van der Waals surface area contributed by atoms with Gasteiger partial charge in [0.1, 0.15) is 11.2 Å². The Kier molecular flexibility index (Phi) is 7.17. The minimum Gasteiger partial charge on any atom is -0.465 e. The van der Waals surface area contributed by atoms with Crippen molar-refractivity contribution in [3.63, 3.8) is 0 Å². The molecular weight excluding hydrogens is 310 g/mol. The molecule has 6 heteroatoms. The summed E-state index contributed by atoms with van der Waals surface area (Å²) in [4.78, 5) is 35.6. The zero-order valence-corrected chi connectivity index (χ0v) is 14.4. The first kappa shape index (κ1) is 19.4. The molecule has 0 atom stereocenters. The van der Waals surface area contributed by atoms with Crippen molar-refractivity contribution >= 4 is 23.9 Å². The fourth-order valence-corrected chi connectivity index (χ4v) is 1.81. The van der Waals surface area contributed by atoms with Gasteiger partial charge in [0.2, 0.25) is 0 Å². The predicted octanol–water partition coefficient (Wildman–Crippen LogP) is 2.73. The van der Waals surface area contributed by atoms with Crippen molar-refractivity contribution in [3.8, 4) is 0 Å². The van der Waals surface area contributed by atoms with E-state index in [4.69, 9.17) is 4.74 Å². The maximum Gasteiger partial charge on any atom is 0.407 e. The fraction of sp³-hybridized carbons (Fsp3) is 0.389. The van der Waals surface area contributed by atoms with Gasteiger partial charge in [-0.05, 0) is 32.4 Å². The molecule has 24 heavy (non-hydrogen) atoms. The minimum absolute atomic E-state index is 0.0347. The third kappa shape index (κ3) is 7.09. The monoisotopic (exact) mass is 333 g/mol. The number of carbonyl (C=O) groups is 3. The lowest BCUT2D eigenvalue weighted by Crippen LogP contribution is -2.34. The predicted molar refractivity (Wildman–Crippen MR) is 90.3 cm³/mol. The molecular formula is C18H23NO5. The molecule has 0 radical (unpaired) electrons. The summed E-state index contributed by atoms with van der Waals surface area (Å²) in [5.74, 6) is -1.12. The van der Waals surface area contributed by atoms with E-state index in [1.165, 1.54) is 13.2 Å². The number of hydrogen-bond acceptors (Lipinski definition) is 5. The van der Waals surface area contributed by atoms with E-state index in [1.54, 1.807) is 45.0 Å². The highest BCUT2D eigenvalue weighted by Gasteiger charge is 2.20. The minimum atomic E-state index is -0.707. The molecule has 1 rings (SSSR count). The molecule has 6 nitrogen and oxygen atoms in total. The SMILES string of the molecule is COC(=O)/C(=C/c1ccccc1)C(=O)CCNC(=O)OC(C)(C)C. The van der Waals surface area contributed by atoms with Gasteiger partial charge in [-0.3, -0.25) is 4.79 Å². The van der Waals surface area contributed by atoms with E-state index >= 15 is 0 Å². The number of methoxy groups -OCH3 is 1. The van der Waals surface area contributed by atoms with E-state index < -0.39 is 23.4 Å². The lowest BCUT2D eigenvalue weighted by molar-refractivity contribution is -0.137. The summed E-state index contributed by atoms with van der Waals surface area (Å²) in [5.41, 5.74) is 0.0411. The van der Waals surface area contributed by atoms with Crippen molar-refractivity contribution in [3.05, 3.63) is 41.5 Å². The lowest BCUT2D eigenvalue weighted by atomic mass is 10.0. The van der Waals surface area contributed by atoms with Gasteiger partial charge in [0.15, 0.2) is 5.78 Å². The number of Topliss-reactive ketones (excluding diaryl/α,β-unsaturated/α-hetero) is 1. The van der Waals surface area contributed by atoms with Gasteiger partial charge in [0, 0.05) is 13.0 Å². The second-order valence-corrected chi connectivity index (χ2v) is 6.06. The van der Waals surface area contributed by atoms with Gasteiger partial charge in [0.05, 0.1) is 7.11 Å². The average Bonchev–Trinajstić information content (AvgIpc) is 2.51. The first-order valence-corrected chi connectivity index (χ1v) is 7.58. The molecule has 130 valence electrons. The van der Waals surface area contributed by atoms with Gasteiger partial charge < -0.3 is 14.8 Å². The maximum atomic E-state index is 12.3. The molecule has 0 aromatic heterocycles. The summed E-state index contributed by atoms with van der Waals surface area (Å²) < 4.78 is 9.74. The van der Waals surface area contributed by atoms with Crippen LogP contribution in [-0.4, -0.2) is 37.1 Å². The van der Waals surface area contributed by atoms with E-state index in [-0.39, 0.29) is 18.5 Å². The van der Waals surface area contributed by atoms with E-state index in [1.807, 2.05) is 6.07 Å². The fourth-order valence-electron chi connectivity index (χ4n) is 1.81. The summed E-state index contributed by atoms with van der Waals surface area (Å²) in [7, 11) is 1.22. The second kappa shape index (κ2) is 8.86. The van der Waals surface area contributed by atoms with Gasteiger partial charge >= 0.3 is 12.1 Å². The molecule has 0 bridgehead atoms. The maximum absolute atomic E-state index is 12.3. The number of ketones is 1. The molecule has 1 amide bonds. The molecule has 1 aromatic carbocycles. The highest BCUT2D eigenvalue weighted by Crippen LogP contribution is 2.11.